The van der Waals surface area contributed by atoms with Crippen LogP contribution in [0.4, 0.5) is 0 Å². The van der Waals surface area contributed by atoms with Crippen LogP contribution in [0.2, 0.25) is 0 Å². The molecule has 0 saturated carbocycles. The number of aliphatic imine (C=N–C) groups is 1. The Balaban J connectivity index is 1.13. The van der Waals surface area contributed by atoms with E-state index in [1.807, 2.05) is 80.0 Å². The number of rotatable bonds is 8. The van der Waals surface area contributed by atoms with Crippen LogP contribution in [0.15, 0.2) is 126 Å². The number of pyridine rings is 3. The quantitative estimate of drug-likeness (QED) is 0.222. The van der Waals surface area contributed by atoms with Crippen LogP contribution >= 0.6 is 0 Å². The van der Waals surface area contributed by atoms with Crippen LogP contribution in [-0.2, 0) is 4.74 Å². The molecule has 2 N–H and O–H groups in total. The molecule has 5 aromatic rings. The largest absolute Gasteiger partial charge is 0.488 e. The van der Waals surface area contributed by atoms with E-state index in [0.717, 1.165) is 45.6 Å². The summed E-state index contributed by atoms with van der Waals surface area (Å²) in [5.74, 6) is 1.94. The molecule has 1 aliphatic rings. The average molecular weight is 541 g/mol. The lowest BCUT2D eigenvalue weighted by atomic mass is 9.92. The summed E-state index contributed by atoms with van der Waals surface area (Å²) >= 11 is 0. The third-order valence-corrected chi connectivity index (χ3v) is 6.98. The first-order chi connectivity index (χ1) is 20.2. The van der Waals surface area contributed by atoms with E-state index >= 15 is 0 Å². The van der Waals surface area contributed by atoms with Crippen LogP contribution in [0.1, 0.15) is 24.5 Å². The lowest BCUT2D eigenvalue weighted by Gasteiger charge is -2.26. The Bertz CT molecular complexity index is 1710. The van der Waals surface area contributed by atoms with Crippen LogP contribution < -0.4 is 5.73 Å². The number of hydrogen-bond donors (Lipinski definition) is 1. The second-order valence-corrected chi connectivity index (χ2v) is 9.66. The minimum Gasteiger partial charge on any atom is -0.488 e. The summed E-state index contributed by atoms with van der Waals surface area (Å²) in [4.78, 5) is 21.9. The van der Waals surface area contributed by atoms with Gasteiger partial charge < -0.3 is 14.9 Å². The molecule has 2 atom stereocenters. The number of nitrogens with zero attached hydrogens (tertiary/aromatic N) is 5. The van der Waals surface area contributed by atoms with Crippen molar-refractivity contribution in [1.29, 1.82) is 0 Å². The normalized spacial score (nSPS) is 15.8. The molecule has 8 heteroatoms. The number of benzene rings is 1. The number of hydrogen-bond acceptors (Lipinski definition) is 8. The van der Waals surface area contributed by atoms with Crippen LogP contribution in [0.25, 0.3) is 39.8 Å². The molecule has 0 fully saturated rings. The van der Waals surface area contributed by atoms with E-state index in [0.29, 0.717) is 17.4 Å². The fraction of sp³-hybridized carbons (Fsp3) is 0.121. The molecule has 0 amide bonds. The summed E-state index contributed by atoms with van der Waals surface area (Å²) in [6.07, 6.45) is 16.6. The highest BCUT2D eigenvalue weighted by atomic mass is 16.5. The zero-order valence-electron chi connectivity index (χ0n) is 22.5. The van der Waals surface area contributed by atoms with Crippen LogP contribution in [-0.4, -0.2) is 31.8 Å². The second kappa shape index (κ2) is 11.8. The van der Waals surface area contributed by atoms with E-state index < -0.39 is 0 Å². The van der Waals surface area contributed by atoms with E-state index in [1.165, 1.54) is 6.20 Å². The highest BCUT2D eigenvalue weighted by Gasteiger charge is 2.23. The van der Waals surface area contributed by atoms with Gasteiger partial charge in [-0.1, -0.05) is 36.4 Å². The van der Waals surface area contributed by atoms with Gasteiger partial charge in [0.25, 0.3) is 0 Å². The van der Waals surface area contributed by atoms with Crippen molar-refractivity contribution in [2.45, 2.75) is 19.4 Å². The van der Waals surface area contributed by atoms with Gasteiger partial charge in [-0.05, 0) is 37.3 Å². The van der Waals surface area contributed by atoms with Gasteiger partial charge in [0.05, 0.1) is 11.9 Å². The summed E-state index contributed by atoms with van der Waals surface area (Å²) < 4.78 is 12.4. The van der Waals surface area contributed by atoms with E-state index in [4.69, 9.17) is 14.9 Å². The zero-order chi connectivity index (χ0) is 28.0. The number of ether oxygens (including phenoxy) is 1. The third kappa shape index (κ3) is 5.81. The molecule has 2 unspecified atom stereocenters. The van der Waals surface area contributed by atoms with Gasteiger partial charge >= 0.3 is 0 Å². The lowest BCUT2D eigenvalue weighted by molar-refractivity contribution is 0.144. The van der Waals surface area contributed by atoms with Crippen molar-refractivity contribution in [2.24, 2.45) is 16.6 Å². The number of aromatic nitrogens is 4. The molecule has 202 valence electrons. The summed E-state index contributed by atoms with van der Waals surface area (Å²) in [5.41, 5.74) is 12.4. The maximum absolute atomic E-state index is 6.33. The van der Waals surface area contributed by atoms with Crippen molar-refractivity contribution >= 4 is 11.5 Å². The molecule has 5 heterocycles. The number of nitrogens with two attached hydrogens (primary N) is 1. The van der Waals surface area contributed by atoms with Crippen LogP contribution in [0, 0.1) is 5.92 Å². The highest BCUT2D eigenvalue weighted by Crippen LogP contribution is 2.30. The van der Waals surface area contributed by atoms with Crippen LogP contribution in [0.5, 0.6) is 0 Å². The number of oxazole rings is 1. The first-order valence-electron chi connectivity index (χ1n) is 13.3. The molecule has 0 spiro atoms. The highest BCUT2D eigenvalue weighted by molar-refractivity contribution is 6.01. The Labute approximate surface area is 238 Å². The summed E-state index contributed by atoms with van der Waals surface area (Å²) in [6.45, 7) is 2.05. The van der Waals surface area contributed by atoms with Crippen LogP contribution in [0.3, 0.4) is 0 Å². The molecule has 41 heavy (non-hydrogen) atoms. The molecule has 1 aromatic carbocycles. The van der Waals surface area contributed by atoms with Crippen molar-refractivity contribution in [1.82, 2.24) is 19.9 Å². The molecular formula is C33H28N6O2. The van der Waals surface area contributed by atoms with Gasteiger partial charge in [-0.2, -0.15) is 0 Å². The maximum atomic E-state index is 6.33. The van der Waals surface area contributed by atoms with Gasteiger partial charge in [-0.25, -0.2) is 4.98 Å². The van der Waals surface area contributed by atoms with Gasteiger partial charge in [0.1, 0.15) is 11.9 Å². The van der Waals surface area contributed by atoms with Gasteiger partial charge in [0, 0.05) is 89.3 Å². The SMILES string of the molecule is CC(O/C(=C\N)c1ccc(-c2cnc(-c3ccnc(-c4cccnc4)c3)o2)cc1)C1C=CN=C(c2cccnc2)C1. The smallest absolute Gasteiger partial charge is 0.226 e. The monoisotopic (exact) mass is 540 g/mol. The second-order valence-electron chi connectivity index (χ2n) is 9.66. The van der Waals surface area contributed by atoms with Crippen molar-refractivity contribution in [3.8, 4) is 34.0 Å². The lowest BCUT2D eigenvalue weighted by Crippen LogP contribution is -2.24. The molecule has 4 aromatic heterocycles. The van der Waals surface area contributed by atoms with Crippen molar-refractivity contribution in [2.75, 3.05) is 0 Å². The maximum Gasteiger partial charge on any atom is 0.226 e. The topological polar surface area (TPSA) is 112 Å². The average Bonchev–Trinajstić information content (AvgIpc) is 3.55. The first-order valence-corrected chi connectivity index (χ1v) is 13.3. The molecular weight excluding hydrogens is 512 g/mol. The predicted octanol–water partition coefficient (Wildman–Crippen LogP) is 6.55. The van der Waals surface area contributed by atoms with E-state index in [-0.39, 0.29) is 12.0 Å². The van der Waals surface area contributed by atoms with Crippen molar-refractivity contribution in [3.63, 3.8) is 0 Å². The van der Waals surface area contributed by atoms with E-state index in [2.05, 4.69) is 31.0 Å². The van der Waals surface area contributed by atoms with E-state index in [1.54, 1.807) is 31.0 Å². The zero-order valence-corrected chi connectivity index (χ0v) is 22.5. The van der Waals surface area contributed by atoms with E-state index in [9.17, 15) is 0 Å². The Kier molecular flexibility index (Phi) is 7.44. The Hall–Kier alpha value is -5.37. The third-order valence-electron chi connectivity index (χ3n) is 6.98. The molecule has 8 nitrogen and oxygen atoms in total. The Morgan fingerprint density at radius 2 is 1.68 bits per heavy atom. The van der Waals surface area contributed by atoms with Gasteiger partial charge in [0.15, 0.2) is 5.76 Å². The van der Waals surface area contributed by atoms with Crippen molar-refractivity contribution in [3.05, 3.63) is 127 Å². The molecule has 1 aliphatic heterocycles. The fourth-order valence-electron chi connectivity index (χ4n) is 4.70. The minimum absolute atomic E-state index is 0.114. The summed E-state index contributed by atoms with van der Waals surface area (Å²) in [6, 6.07) is 19.5. The molecule has 0 bridgehead atoms. The Morgan fingerprint density at radius 3 is 2.41 bits per heavy atom. The molecule has 0 aliphatic carbocycles. The molecule has 0 saturated heterocycles. The standard InChI is InChI=1S/C33H28N6O2/c1-22(25-10-14-37-29(16-25)27-4-2-12-35-19-27)40-31(18-34)23-6-8-24(9-7-23)32-21-39-33(41-32)26-11-15-38-30(17-26)28-5-3-13-36-20-28/h2-15,17-22,25H,16,34H2,1H3/b31-18-. The fourth-order valence-corrected chi connectivity index (χ4v) is 4.70. The summed E-state index contributed by atoms with van der Waals surface area (Å²) in [5, 5.41) is 0. The van der Waals surface area contributed by atoms with Gasteiger partial charge in [0.2, 0.25) is 5.89 Å². The van der Waals surface area contributed by atoms with Gasteiger partial charge in [-0.3, -0.25) is 19.9 Å². The first kappa shape index (κ1) is 25.9. The Morgan fingerprint density at radius 1 is 0.902 bits per heavy atom. The molecule has 0 radical (unpaired) electrons. The summed E-state index contributed by atoms with van der Waals surface area (Å²) in [7, 11) is 0. The predicted molar refractivity (Wildman–Crippen MR) is 159 cm³/mol. The minimum atomic E-state index is -0.114. The van der Waals surface area contributed by atoms with Crippen molar-refractivity contribution < 1.29 is 9.15 Å². The van der Waals surface area contributed by atoms with Gasteiger partial charge in [-0.15, -0.1) is 0 Å². The molecule has 6 rings (SSSR count).